The first-order valence-electron chi connectivity index (χ1n) is 6.49. The molecule has 0 bridgehead atoms. The summed E-state index contributed by atoms with van der Waals surface area (Å²) in [6.07, 6.45) is 1.29. The van der Waals surface area contributed by atoms with Crippen molar-refractivity contribution in [2.45, 2.75) is 26.7 Å². The Kier molecular flexibility index (Phi) is 6.67. The second-order valence-corrected chi connectivity index (χ2v) is 5.02. The zero-order valence-electron chi connectivity index (χ0n) is 11.4. The summed E-state index contributed by atoms with van der Waals surface area (Å²) >= 11 is 5.94. The smallest absolute Gasteiger partial charge is 0.224 e. The number of ether oxygens (including phenoxy) is 1. The van der Waals surface area contributed by atoms with Crippen LogP contribution in [0.5, 0.6) is 5.75 Å². The third-order valence-electron chi connectivity index (χ3n) is 2.61. The Morgan fingerprint density at radius 3 is 2.89 bits per heavy atom. The Bertz CT molecular complexity index is 424. The first-order valence-corrected chi connectivity index (χ1v) is 6.86. The Labute approximate surface area is 119 Å². The van der Waals surface area contributed by atoms with E-state index in [1.54, 1.807) is 18.2 Å². The summed E-state index contributed by atoms with van der Waals surface area (Å²) in [6, 6.07) is 5.20. The quantitative estimate of drug-likeness (QED) is 0.809. The third-order valence-corrected chi connectivity index (χ3v) is 2.85. The van der Waals surface area contributed by atoms with E-state index in [-0.39, 0.29) is 11.8 Å². The van der Waals surface area contributed by atoms with Crippen molar-refractivity contribution in [2.75, 3.05) is 18.5 Å². The maximum Gasteiger partial charge on any atom is 0.224 e. The van der Waals surface area contributed by atoms with Gasteiger partial charge in [-0.15, -0.1) is 0 Å². The third kappa shape index (κ3) is 5.49. The molecule has 3 N–H and O–H groups in total. The Hall–Kier alpha value is -1.26. The molecule has 0 heterocycles. The lowest BCUT2D eigenvalue weighted by molar-refractivity contribution is -0.116. The van der Waals surface area contributed by atoms with E-state index in [1.807, 2.05) is 13.8 Å². The van der Waals surface area contributed by atoms with Crippen LogP contribution in [-0.2, 0) is 4.79 Å². The molecular formula is C14H21ClN2O2. The lowest BCUT2D eigenvalue weighted by Crippen LogP contribution is -2.20. The summed E-state index contributed by atoms with van der Waals surface area (Å²) in [7, 11) is 0. The number of rotatable bonds is 7. The molecule has 1 rings (SSSR count). The van der Waals surface area contributed by atoms with Gasteiger partial charge in [0.1, 0.15) is 5.75 Å². The minimum Gasteiger partial charge on any atom is -0.491 e. The molecule has 1 aromatic carbocycles. The van der Waals surface area contributed by atoms with Gasteiger partial charge in [0.05, 0.1) is 12.3 Å². The molecular weight excluding hydrogens is 264 g/mol. The van der Waals surface area contributed by atoms with Crippen molar-refractivity contribution in [3.63, 3.8) is 0 Å². The van der Waals surface area contributed by atoms with Crippen LogP contribution >= 0.6 is 11.6 Å². The molecule has 0 saturated carbocycles. The van der Waals surface area contributed by atoms with Crippen molar-refractivity contribution in [3.05, 3.63) is 23.2 Å². The normalized spacial score (nSPS) is 12.0. The molecule has 4 nitrogen and oxygen atoms in total. The van der Waals surface area contributed by atoms with Gasteiger partial charge in [0.15, 0.2) is 0 Å². The zero-order valence-corrected chi connectivity index (χ0v) is 12.2. The second-order valence-electron chi connectivity index (χ2n) is 4.58. The van der Waals surface area contributed by atoms with Crippen LogP contribution < -0.4 is 15.8 Å². The number of hydrogen-bond donors (Lipinski definition) is 2. The average molecular weight is 285 g/mol. The van der Waals surface area contributed by atoms with Gasteiger partial charge in [-0.1, -0.05) is 25.4 Å². The maximum atomic E-state index is 11.9. The van der Waals surface area contributed by atoms with Gasteiger partial charge in [-0.25, -0.2) is 0 Å². The van der Waals surface area contributed by atoms with E-state index in [2.05, 4.69) is 5.32 Å². The maximum absolute atomic E-state index is 11.9. The van der Waals surface area contributed by atoms with E-state index in [0.717, 1.165) is 6.42 Å². The number of carbonyl (C=O) groups excluding carboxylic acids is 1. The first kappa shape index (κ1) is 15.8. The molecule has 0 spiro atoms. The number of carbonyl (C=O) groups is 1. The summed E-state index contributed by atoms with van der Waals surface area (Å²) in [4.78, 5) is 11.9. The molecule has 0 aliphatic heterocycles. The summed E-state index contributed by atoms with van der Waals surface area (Å²) in [5, 5.41) is 3.38. The van der Waals surface area contributed by atoms with E-state index < -0.39 is 0 Å². The van der Waals surface area contributed by atoms with Gasteiger partial charge in [-0.3, -0.25) is 4.79 Å². The lowest BCUT2D eigenvalue weighted by Gasteiger charge is -2.14. The number of hydrogen-bond acceptors (Lipinski definition) is 3. The molecule has 1 amide bonds. The summed E-state index contributed by atoms with van der Waals surface area (Å²) in [6.45, 7) is 5.05. The van der Waals surface area contributed by atoms with Crippen molar-refractivity contribution in [3.8, 4) is 5.75 Å². The molecule has 0 radical (unpaired) electrons. The minimum absolute atomic E-state index is 0.0819. The fourth-order valence-corrected chi connectivity index (χ4v) is 1.71. The van der Waals surface area contributed by atoms with E-state index in [1.165, 1.54) is 0 Å². The topological polar surface area (TPSA) is 64.3 Å². The number of anilines is 1. The Balaban J connectivity index is 2.74. The predicted octanol–water partition coefficient (Wildman–Crippen LogP) is 3.05. The first-order chi connectivity index (χ1) is 9.06. The largest absolute Gasteiger partial charge is 0.491 e. The molecule has 106 valence electrons. The van der Waals surface area contributed by atoms with E-state index in [0.29, 0.717) is 36.0 Å². The van der Waals surface area contributed by atoms with Crippen molar-refractivity contribution in [1.29, 1.82) is 0 Å². The summed E-state index contributed by atoms with van der Waals surface area (Å²) in [5.41, 5.74) is 6.11. The number of amides is 1. The van der Waals surface area contributed by atoms with E-state index in [9.17, 15) is 4.79 Å². The highest BCUT2D eigenvalue weighted by Gasteiger charge is 2.11. The molecule has 19 heavy (non-hydrogen) atoms. The highest BCUT2D eigenvalue weighted by atomic mass is 35.5. The number of nitrogens with two attached hydrogens (primary N) is 1. The van der Waals surface area contributed by atoms with Crippen LogP contribution in [0.15, 0.2) is 18.2 Å². The molecule has 1 unspecified atom stereocenters. The van der Waals surface area contributed by atoms with Gasteiger partial charge in [-0.2, -0.15) is 0 Å². The van der Waals surface area contributed by atoms with Gasteiger partial charge < -0.3 is 15.8 Å². The highest BCUT2D eigenvalue weighted by molar-refractivity contribution is 6.31. The van der Waals surface area contributed by atoms with Gasteiger partial charge in [-0.05, 0) is 37.1 Å². The molecule has 0 aliphatic carbocycles. The number of benzene rings is 1. The van der Waals surface area contributed by atoms with E-state index >= 15 is 0 Å². The fraction of sp³-hybridized carbons (Fsp3) is 0.500. The van der Waals surface area contributed by atoms with Crippen LogP contribution in [0.1, 0.15) is 26.7 Å². The Morgan fingerprint density at radius 1 is 1.53 bits per heavy atom. The van der Waals surface area contributed by atoms with Crippen molar-refractivity contribution in [2.24, 2.45) is 11.7 Å². The highest BCUT2D eigenvalue weighted by Crippen LogP contribution is 2.28. The van der Waals surface area contributed by atoms with Crippen LogP contribution in [-0.4, -0.2) is 19.1 Å². The Morgan fingerprint density at radius 2 is 2.26 bits per heavy atom. The van der Waals surface area contributed by atoms with Crippen LogP contribution in [0.3, 0.4) is 0 Å². The van der Waals surface area contributed by atoms with Crippen LogP contribution in [0, 0.1) is 5.92 Å². The number of halogens is 1. The van der Waals surface area contributed by atoms with Gasteiger partial charge in [0.2, 0.25) is 5.91 Å². The molecule has 0 aliphatic rings. The van der Waals surface area contributed by atoms with Gasteiger partial charge in [0.25, 0.3) is 0 Å². The second kappa shape index (κ2) is 8.02. The zero-order chi connectivity index (χ0) is 14.3. The number of nitrogens with one attached hydrogen (secondary N) is 1. The molecule has 1 atom stereocenters. The average Bonchev–Trinajstić information content (AvgIpc) is 2.37. The fourth-order valence-electron chi connectivity index (χ4n) is 1.54. The molecule has 0 fully saturated rings. The monoisotopic (exact) mass is 284 g/mol. The lowest BCUT2D eigenvalue weighted by atomic mass is 10.1. The van der Waals surface area contributed by atoms with Crippen LogP contribution in [0.25, 0.3) is 0 Å². The van der Waals surface area contributed by atoms with E-state index in [4.69, 9.17) is 22.1 Å². The van der Waals surface area contributed by atoms with Gasteiger partial charge >= 0.3 is 0 Å². The van der Waals surface area contributed by atoms with Crippen molar-refractivity contribution in [1.82, 2.24) is 0 Å². The SMILES string of the molecule is CCCOc1ccc(Cl)cc1NC(=O)CC(C)CN. The van der Waals surface area contributed by atoms with Crippen LogP contribution in [0.2, 0.25) is 5.02 Å². The molecule has 0 aromatic heterocycles. The predicted molar refractivity (Wildman–Crippen MR) is 78.7 cm³/mol. The standard InChI is InChI=1S/C14H21ClN2O2/c1-3-6-19-13-5-4-11(15)8-12(13)17-14(18)7-10(2)9-16/h4-5,8,10H,3,6-7,9,16H2,1-2H3,(H,17,18). The molecule has 5 heteroatoms. The minimum atomic E-state index is -0.0819. The van der Waals surface area contributed by atoms with Gasteiger partial charge in [0, 0.05) is 11.4 Å². The van der Waals surface area contributed by atoms with Crippen molar-refractivity contribution < 1.29 is 9.53 Å². The molecule has 1 aromatic rings. The van der Waals surface area contributed by atoms with Crippen molar-refractivity contribution >= 4 is 23.2 Å². The summed E-state index contributed by atoms with van der Waals surface area (Å²) < 4.78 is 5.58. The van der Waals surface area contributed by atoms with Crippen LogP contribution in [0.4, 0.5) is 5.69 Å². The summed E-state index contributed by atoms with van der Waals surface area (Å²) in [5.74, 6) is 0.709. The molecule has 0 saturated heterocycles.